The quantitative estimate of drug-likeness (QED) is 0.484. The van der Waals surface area contributed by atoms with Gasteiger partial charge in [-0.1, -0.05) is 6.07 Å². The molecular formula is C22H24F3N9O3. The Kier molecular flexibility index (Phi) is 5.84. The maximum absolute atomic E-state index is 13.3. The summed E-state index contributed by atoms with van der Waals surface area (Å²) in [5.74, 6) is -0.672. The van der Waals surface area contributed by atoms with Crippen LogP contribution in [-0.2, 0) is 7.05 Å². The Morgan fingerprint density at radius 2 is 2.03 bits per heavy atom. The zero-order valence-corrected chi connectivity index (χ0v) is 19.9. The van der Waals surface area contributed by atoms with Gasteiger partial charge in [-0.3, -0.25) is 14.4 Å². The van der Waals surface area contributed by atoms with E-state index in [2.05, 4.69) is 25.6 Å². The number of anilines is 3. The molecule has 1 aromatic carbocycles. The number of rotatable bonds is 7. The molecule has 3 heterocycles. The number of urea groups is 1. The Labute approximate surface area is 213 Å². The lowest BCUT2D eigenvalue weighted by Crippen LogP contribution is -2.46. The molecule has 0 aliphatic carbocycles. The van der Waals surface area contributed by atoms with Crippen LogP contribution in [0.1, 0.15) is 21.5 Å². The number of aromatic nitrogens is 5. The van der Waals surface area contributed by atoms with E-state index in [1.54, 1.807) is 25.2 Å². The standard InChI is InChI=1S/C22H24F3N9O3/c1-12(22(23,24)25)33-8-9-34(21(33)36)16-10-15(17(30-29-16)20(35)26-2)28-14-7-5-6-13(18(14)37-4)19-27-11-32(3)31-19/h5-7,10-12H,8-9H2,1-4H3,(H,26,35)(H,28,29)/i2D3. The van der Waals surface area contributed by atoms with Gasteiger partial charge in [0.05, 0.1) is 24.0 Å². The molecule has 1 unspecified atom stereocenters. The fourth-order valence-electron chi connectivity index (χ4n) is 3.78. The first-order valence-corrected chi connectivity index (χ1v) is 10.8. The number of benzene rings is 1. The molecule has 196 valence electrons. The van der Waals surface area contributed by atoms with E-state index in [1.165, 1.54) is 24.2 Å². The van der Waals surface area contributed by atoms with Crippen LogP contribution >= 0.6 is 0 Å². The molecule has 0 radical (unpaired) electrons. The van der Waals surface area contributed by atoms with Crippen LogP contribution in [0.15, 0.2) is 30.6 Å². The second kappa shape index (κ2) is 9.91. The van der Waals surface area contributed by atoms with Gasteiger partial charge in [0, 0.05) is 37.3 Å². The number of nitrogens with zero attached hydrogens (tertiary/aromatic N) is 7. The molecule has 37 heavy (non-hydrogen) atoms. The molecule has 1 aliphatic heterocycles. The number of carbonyl (C=O) groups is 2. The molecule has 15 heteroatoms. The molecule has 2 aromatic heterocycles. The van der Waals surface area contributed by atoms with Crippen molar-refractivity contribution in [2.24, 2.45) is 7.05 Å². The molecule has 1 aliphatic rings. The molecule has 2 N–H and O–H groups in total. The first-order valence-electron chi connectivity index (χ1n) is 12.3. The van der Waals surface area contributed by atoms with Crippen molar-refractivity contribution in [2.45, 2.75) is 19.1 Å². The van der Waals surface area contributed by atoms with Crippen molar-refractivity contribution in [3.63, 3.8) is 0 Å². The summed E-state index contributed by atoms with van der Waals surface area (Å²) < 4.78 is 68.9. The van der Waals surface area contributed by atoms with Gasteiger partial charge in [0.2, 0.25) is 0 Å². The van der Waals surface area contributed by atoms with Crippen LogP contribution in [0.25, 0.3) is 11.4 Å². The van der Waals surface area contributed by atoms with Gasteiger partial charge in [0.1, 0.15) is 12.4 Å². The summed E-state index contributed by atoms with van der Waals surface area (Å²) in [5.41, 5.74) is 0.228. The summed E-state index contributed by atoms with van der Waals surface area (Å²) in [5, 5.41) is 16.7. The third-order valence-electron chi connectivity index (χ3n) is 5.70. The number of aryl methyl sites for hydroxylation is 1. The van der Waals surface area contributed by atoms with E-state index in [-0.39, 0.29) is 36.0 Å². The monoisotopic (exact) mass is 522 g/mol. The predicted octanol–water partition coefficient (Wildman–Crippen LogP) is 2.58. The van der Waals surface area contributed by atoms with Crippen molar-refractivity contribution in [1.82, 2.24) is 35.2 Å². The van der Waals surface area contributed by atoms with Crippen molar-refractivity contribution in [3.05, 3.63) is 36.3 Å². The first kappa shape index (κ1) is 21.8. The fraction of sp³-hybridized carbons (Fsp3) is 0.364. The van der Waals surface area contributed by atoms with E-state index in [4.69, 9.17) is 8.85 Å². The highest BCUT2D eigenvalue weighted by molar-refractivity contribution is 6.00. The number of carbonyl (C=O) groups excluding carboxylic acids is 2. The number of nitrogens with one attached hydrogen (secondary N) is 2. The zero-order valence-electron chi connectivity index (χ0n) is 22.9. The SMILES string of the molecule is [2H]C([2H])([2H])NC(=O)c1nnc(N2CCN(C(C)C(F)(F)F)C2=O)cc1Nc1cccc(-c2ncn(C)n2)c1OC. The summed E-state index contributed by atoms with van der Waals surface area (Å²) in [6, 6.07) is 3.15. The molecule has 0 spiro atoms. The minimum Gasteiger partial charge on any atom is -0.494 e. The number of amides is 3. The maximum Gasteiger partial charge on any atom is 0.408 e. The van der Waals surface area contributed by atoms with Crippen LogP contribution in [0.3, 0.4) is 0 Å². The van der Waals surface area contributed by atoms with Gasteiger partial charge in [0.15, 0.2) is 23.1 Å². The number of hydrogen-bond donors (Lipinski definition) is 2. The number of para-hydroxylation sites is 1. The predicted molar refractivity (Wildman–Crippen MR) is 127 cm³/mol. The second-order valence-corrected chi connectivity index (χ2v) is 8.02. The Bertz CT molecular complexity index is 1430. The number of hydrogen-bond acceptors (Lipinski definition) is 8. The van der Waals surface area contributed by atoms with E-state index in [1.807, 2.05) is 5.32 Å². The minimum absolute atomic E-state index is 0.0914. The van der Waals surface area contributed by atoms with Crippen molar-refractivity contribution in [3.8, 4) is 17.1 Å². The Balaban J connectivity index is 1.75. The van der Waals surface area contributed by atoms with Crippen molar-refractivity contribution in [1.29, 1.82) is 0 Å². The largest absolute Gasteiger partial charge is 0.494 e. The van der Waals surface area contributed by atoms with Crippen LogP contribution in [0.5, 0.6) is 5.75 Å². The summed E-state index contributed by atoms with van der Waals surface area (Å²) in [4.78, 5) is 31.5. The van der Waals surface area contributed by atoms with E-state index in [0.717, 1.165) is 11.8 Å². The smallest absolute Gasteiger partial charge is 0.408 e. The average Bonchev–Trinajstić information content (AvgIpc) is 3.47. The Morgan fingerprint density at radius 3 is 2.68 bits per heavy atom. The highest BCUT2D eigenvalue weighted by Gasteiger charge is 2.46. The third kappa shape index (κ3) is 4.96. The molecule has 0 saturated carbocycles. The minimum atomic E-state index is -4.63. The van der Waals surface area contributed by atoms with Gasteiger partial charge >= 0.3 is 12.2 Å². The van der Waals surface area contributed by atoms with Gasteiger partial charge in [-0.2, -0.15) is 18.3 Å². The fourth-order valence-corrected chi connectivity index (χ4v) is 3.78. The highest BCUT2D eigenvalue weighted by Crippen LogP contribution is 2.37. The molecular weight excluding hydrogens is 495 g/mol. The van der Waals surface area contributed by atoms with Crippen LogP contribution in [0, 0.1) is 0 Å². The highest BCUT2D eigenvalue weighted by atomic mass is 19.4. The maximum atomic E-state index is 13.3. The number of halogens is 3. The van der Waals surface area contributed by atoms with E-state index >= 15 is 0 Å². The Hall–Kier alpha value is -4.43. The number of ether oxygens (including phenoxy) is 1. The normalized spacial score (nSPS) is 16.2. The second-order valence-electron chi connectivity index (χ2n) is 8.02. The third-order valence-corrected chi connectivity index (χ3v) is 5.70. The van der Waals surface area contributed by atoms with Gasteiger partial charge < -0.3 is 20.3 Å². The van der Waals surface area contributed by atoms with Crippen LogP contribution in [0.2, 0.25) is 0 Å². The van der Waals surface area contributed by atoms with Crippen molar-refractivity contribution in [2.75, 3.05) is 37.4 Å². The number of methoxy groups -OCH3 is 1. The summed E-state index contributed by atoms with van der Waals surface area (Å²) in [7, 11) is 3.08. The van der Waals surface area contributed by atoms with Gasteiger partial charge in [-0.05, 0) is 19.1 Å². The molecule has 1 saturated heterocycles. The lowest BCUT2D eigenvalue weighted by atomic mass is 10.1. The molecule has 4 rings (SSSR count). The van der Waals surface area contributed by atoms with Crippen LogP contribution in [0.4, 0.5) is 35.2 Å². The van der Waals surface area contributed by atoms with Gasteiger partial charge in [0.25, 0.3) is 5.91 Å². The van der Waals surface area contributed by atoms with E-state index in [9.17, 15) is 22.8 Å². The van der Waals surface area contributed by atoms with Gasteiger partial charge in [-0.25, -0.2) is 9.78 Å². The Morgan fingerprint density at radius 1 is 1.24 bits per heavy atom. The van der Waals surface area contributed by atoms with Crippen LogP contribution in [-0.4, -0.2) is 81.2 Å². The summed E-state index contributed by atoms with van der Waals surface area (Å²) >= 11 is 0. The molecule has 12 nitrogen and oxygen atoms in total. The first-order chi connectivity index (χ1) is 18.7. The lowest BCUT2D eigenvalue weighted by Gasteiger charge is -2.26. The molecule has 1 atom stereocenters. The number of alkyl halides is 3. The van der Waals surface area contributed by atoms with Crippen LogP contribution < -0.4 is 20.3 Å². The zero-order chi connectivity index (χ0) is 29.4. The summed E-state index contributed by atoms with van der Waals surface area (Å²) in [6.45, 7) is -2.33. The van der Waals surface area contributed by atoms with Gasteiger partial charge in [-0.15, -0.1) is 10.2 Å². The summed E-state index contributed by atoms with van der Waals surface area (Å²) in [6.07, 6.45) is -3.15. The molecule has 0 bridgehead atoms. The van der Waals surface area contributed by atoms with E-state index < -0.39 is 36.8 Å². The lowest BCUT2D eigenvalue weighted by molar-refractivity contribution is -0.169. The van der Waals surface area contributed by atoms with Crippen molar-refractivity contribution < 1.29 is 31.6 Å². The van der Waals surface area contributed by atoms with Crippen molar-refractivity contribution >= 4 is 29.1 Å². The average molecular weight is 523 g/mol. The molecule has 1 fully saturated rings. The molecule has 3 amide bonds. The molecule has 3 aromatic rings. The van der Waals surface area contributed by atoms with E-state index in [0.29, 0.717) is 16.3 Å². The topological polar surface area (TPSA) is 130 Å².